The molecule has 3 rings (SSSR count). The Balaban J connectivity index is 1.88. The molecule has 0 aliphatic rings. The smallest absolute Gasteiger partial charge is 0.408 e. The molecule has 1 unspecified atom stereocenters. The van der Waals surface area contributed by atoms with Crippen LogP contribution in [0.1, 0.15) is 47.6 Å². The van der Waals surface area contributed by atoms with Gasteiger partial charge >= 0.3 is 6.09 Å². The number of anilines is 1. The predicted molar refractivity (Wildman–Crippen MR) is 119 cm³/mol. The van der Waals surface area contributed by atoms with E-state index in [1.807, 2.05) is 0 Å². The molecule has 0 aliphatic heterocycles. The van der Waals surface area contributed by atoms with Crippen LogP contribution in [0.2, 0.25) is 0 Å². The molecule has 0 saturated heterocycles. The Kier molecular flexibility index (Phi) is 6.99. The minimum Gasteiger partial charge on any atom is -0.444 e. The normalized spacial score (nSPS) is 12.0. The Labute approximate surface area is 188 Å². The summed E-state index contributed by atoms with van der Waals surface area (Å²) in [6.07, 6.45) is 0.618. The van der Waals surface area contributed by atoms with Gasteiger partial charge in [-0.15, -0.1) is 11.3 Å². The maximum Gasteiger partial charge on any atom is 0.408 e. The fourth-order valence-corrected chi connectivity index (χ4v) is 3.48. The van der Waals surface area contributed by atoms with Gasteiger partial charge in [0, 0.05) is 6.20 Å². The average molecular weight is 456 g/mol. The van der Waals surface area contributed by atoms with Crippen LogP contribution in [-0.2, 0) is 9.53 Å². The Hall–Kier alpha value is -3.59. The molecule has 0 fully saturated rings. The fraction of sp³-hybridized carbons (Fsp3) is 0.217. The molecule has 0 spiro atoms. The largest absolute Gasteiger partial charge is 0.444 e. The Morgan fingerprint density at radius 3 is 2.41 bits per heavy atom. The third-order valence-electron chi connectivity index (χ3n) is 4.17. The number of nitrogens with zero attached hydrogens (tertiary/aromatic N) is 1. The van der Waals surface area contributed by atoms with Crippen LogP contribution < -0.4 is 10.6 Å². The van der Waals surface area contributed by atoms with Crippen molar-refractivity contribution in [1.82, 2.24) is 10.3 Å². The van der Waals surface area contributed by atoms with Crippen molar-refractivity contribution in [3.8, 4) is 0 Å². The number of carbonyl (C=O) groups excluding carboxylic acids is 3. The number of halogens is 1. The second kappa shape index (κ2) is 9.69. The maximum atomic E-state index is 13.4. The van der Waals surface area contributed by atoms with Crippen molar-refractivity contribution in [2.45, 2.75) is 32.4 Å². The number of ketones is 1. The lowest BCUT2D eigenvalue weighted by molar-refractivity contribution is -0.118. The summed E-state index contributed by atoms with van der Waals surface area (Å²) in [5, 5.41) is 6.88. The lowest BCUT2D eigenvalue weighted by Gasteiger charge is -2.23. The van der Waals surface area contributed by atoms with Crippen molar-refractivity contribution >= 4 is 34.9 Å². The van der Waals surface area contributed by atoms with Crippen LogP contribution >= 0.6 is 11.3 Å². The third-order valence-corrected chi connectivity index (χ3v) is 5.03. The molecule has 0 saturated carbocycles. The summed E-state index contributed by atoms with van der Waals surface area (Å²) in [6, 6.07) is 10.5. The van der Waals surface area contributed by atoms with Gasteiger partial charge in [0.1, 0.15) is 23.3 Å². The molecular formula is C23H22FN3O4S. The molecule has 32 heavy (non-hydrogen) atoms. The minimum absolute atomic E-state index is 0.0500. The van der Waals surface area contributed by atoms with E-state index in [1.54, 1.807) is 50.4 Å². The summed E-state index contributed by atoms with van der Waals surface area (Å²) in [7, 11) is 0. The summed E-state index contributed by atoms with van der Waals surface area (Å²) in [4.78, 5) is 42.9. The van der Waals surface area contributed by atoms with E-state index in [2.05, 4.69) is 15.6 Å². The van der Waals surface area contributed by atoms with E-state index in [0.29, 0.717) is 10.4 Å². The van der Waals surface area contributed by atoms with E-state index in [-0.39, 0.29) is 17.2 Å². The van der Waals surface area contributed by atoms with Gasteiger partial charge in [-0.05, 0) is 62.0 Å². The standard InChI is InChI=1S/C23H22FN3O4S/c1-23(2,3)31-22(30)26-18(14-8-10-15(24)11-9-14)21(29)27-20-16(6-4-12-25-20)19(28)17-7-5-13-32-17/h4-13,18H,1-3H3,(H,26,30)(H,25,27,29). The average Bonchev–Trinajstić information content (AvgIpc) is 3.26. The molecule has 166 valence electrons. The topological polar surface area (TPSA) is 97.4 Å². The number of hydrogen-bond donors (Lipinski definition) is 2. The van der Waals surface area contributed by atoms with Gasteiger partial charge in [-0.3, -0.25) is 9.59 Å². The van der Waals surface area contributed by atoms with E-state index in [1.165, 1.54) is 41.8 Å². The Morgan fingerprint density at radius 1 is 1.06 bits per heavy atom. The molecule has 0 aliphatic carbocycles. The van der Waals surface area contributed by atoms with Crippen molar-refractivity contribution in [1.29, 1.82) is 0 Å². The highest BCUT2D eigenvalue weighted by Crippen LogP contribution is 2.22. The van der Waals surface area contributed by atoms with Gasteiger partial charge < -0.3 is 15.4 Å². The first-order chi connectivity index (χ1) is 15.1. The van der Waals surface area contributed by atoms with Crippen LogP contribution in [-0.4, -0.2) is 28.4 Å². The molecule has 7 nitrogen and oxygen atoms in total. The number of thiophene rings is 1. The van der Waals surface area contributed by atoms with Crippen LogP contribution in [0.5, 0.6) is 0 Å². The van der Waals surface area contributed by atoms with Crippen LogP contribution in [0.3, 0.4) is 0 Å². The second-order valence-corrected chi connectivity index (χ2v) is 8.77. The van der Waals surface area contributed by atoms with Gasteiger partial charge in [-0.2, -0.15) is 0 Å². The Morgan fingerprint density at radius 2 is 1.78 bits per heavy atom. The summed E-state index contributed by atoms with van der Waals surface area (Å²) < 4.78 is 18.7. The summed E-state index contributed by atoms with van der Waals surface area (Å²) in [5.74, 6) is -1.39. The van der Waals surface area contributed by atoms with Crippen LogP contribution in [0.4, 0.5) is 15.0 Å². The monoisotopic (exact) mass is 455 g/mol. The van der Waals surface area contributed by atoms with Crippen molar-refractivity contribution in [2.75, 3.05) is 5.32 Å². The molecule has 2 N–H and O–H groups in total. The SMILES string of the molecule is CC(C)(C)OC(=O)NC(C(=O)Nc1ncccc1C(=O)c1cccs1)c1ccc(F)cc1. The number of amides is 2. The number of benzene rings is 1. The van der Waals surface area contributed by atoms with E-state index < -0.39 is 29.5 Å². The molecule has 0 radical (unpaired) electrons. The lowest BCUT2D eigenvalue weighted by Crippen LogP contribution is -2.40. The lowest BCUT2D eigenvalue weighted by atomic mass is 10.1. The molecule has 3 aromatic rings. The highest BCUT2D eigenvalue weighted by atomic mass is 32.1. The molecule has 2 aromatic heterocycles. The van der Waals surface area contributed by atoms with Gasteiger partial charge in [0.15, 0.2) is 0 Å². The van der Waals surface area contributed by atoms with Gasteiger partial charge in [-0.25, -0.2) is 14.2 Å². The van der Waals surface area contributed by atoms with E-state index in [4.69, 9.17) is 4.74 Å². The predicted octanol–water partition coefficient (Wildman–Crippen LogP) is 4.72. The molecule has 9 heteroatoms. The quantitative estimate of drug-likeness (QED) is 0.525. The molecule has 2 amide bonds. The van der Waals surface area contributed by atoms with Crippen molar-refractivity contribution in [2.24, 2.45) is 0 Å². The van der Waals surface area contributed by atoms with Crippen molar-refractivity contribution in [3.05, 3.63) is 81.9 Å². The number of pyridine rings is 1. The summed E-state index contributed by atoms with van der Waals surface area (Å²) in [5.41, 5.74) is -0.245. The van der Waals surface area contributed by atoms with Gasteiger partial charge in [0.05, 0.1) is 10.4 Å². The van der Waals surface area contributed by atoms with E-state index in [0.717, 1.165) is 0 Å². The van der Waals surface area contributed by atoms with Crippen LogP contribution in [0.15, 0.2) is 60.1 Å². The molecule has 1 atom stereocenters. The third kappa shape index (κ3) is 5.98. The maximum absolute atomic E-state index is 13.4. The van der Waals surface area contributed by atoms with Crippen molar-refractivity contribution < 1.29 is 23.5 Å². The first kappa shape index (κ1) is 23.1. The fourth-order valence-electron chi connectivity index (χ4n) is 2.80. The number of nitrogens with one attached hydrogen (secondary N) is 2. The number of carbonyl (C=O) groups is 3. The number of aromatic nitrogens is 1. The van der Waals surface area contributed by atoms with Crippen LogP contribution in [0, 0.1) is 5.82 Å². The highest BCUT2D eigenvalue weighted by Gasteiger charge is 2.27. The molecule has 2 heterocycles. The molecule has 1 aromatic carbocycles. The van der Waals surface area contributed by atoms with Crippen molar-refractivity contribution in [3.63, 3.8) is 0 Å². The summed E-state index contributed by atoms with van der Waals surface area (Å²) >= 11 is 1.27. The number of hydrogen-bond acceptors (Lipinski definition) is 6. The Bertz CT molecular complexity index is 1110. The number of alkyl carbamates (subject to hydrolysis) is 1. The zero-order valence-corrected chi connectivity index (χ0v) is 18.5. The van der Waals surface area contributed by atoms with E-state index in [9.17, 15) is 18.8 Å². The number of ether oxygens (including phenoxy) is 1. The van der Waals surface area contributed by atoms with Gasteiger partial charge in [-0.1, -0.05) is 18.2 Å². The highest BCUT2D eigenvalue weighted by molar-refractivity contribution is 7.12. The molecule has 0 bridgehead atoms. The molecular weight excluding hydrogens is 433 g/mol. The van der Waals surface area contributed by atoms with E-state index >= 15 is 0 Å². The van der Waals surface area contributed by atoms with Gasteiger partial charge in [0.25, 0.3) is 5.91 Å². The zero-order valence-electron chi connectivity index (χ0n) is 17.7. The van der Waals surface area contributed by atoms with Crippen LogP contribution in [0.25, 0.3) is 0 Å². The first-order valence-corrected chi connectivity index (χ1v) is 10.6. The van der Waals surface area contributed by atoms with Gasteiger partial charge in [0.2, 0.25) is 5.78 Å². The zero-order chi connectivity index (χ0) is 23.3. The second-order valence-electron chi connectivity index (χ2n) is 7.83. The minimum atomic E-state index is -1.21. The first-order valence-electron chi connectivity index (χ1n) is 9.73. The summed E-state index contributed by atoms with van der Waals surface area (Å²) in [6.45, 7) is 5.07. The number of rotatable bonds is 6.